The first-order chi connectivity index (χ1) is 17.8. The van der Waals surface area contributed by atoms with Crippen LogP contribution in [0.4, 0.5) is 5.69 Å². The quantitative estimate of drug-likeness (QED) is 0.348. The molecule has 0 fully saturated rings. The van der Waals surface area contributed by atoms with Crippen molar-refractivity contribution in [3.8, 4) is 0 Å². The normalized spacial score (nSPS) is 11.8. The SMILES string of the molecule is CCOC(=O)CCCn1c(=O)[nH]/c(=N\c2ccc3oc(CC)c(C)c3c2)n(Cc2ccc(C)cc2)c1=O. The van der Waals surface area contributed by atoms with Gasteiger partial charge >= 0.3 is 17.3 Å². The number of aryl methyl sites for hydroxylation is 3. The third-order valence-corrected chi connectivity index (χ3v) is 6.29. The molecule has 4 rings (SSSR count). The van der Waals surface area contributed by atoms with Crippen molar-refractivity contribution in [1.82, 2.24) is 14.1 Å². The van der Waals surface area contributed by atoms with Gasteiger partial charge in [-0.15, -0.1) is 0 Å². The summed E-state index contributed by atoms with van der Waals surface area (Å²) in [5.74, 6) is 0.558. The Morgan fingerprint density at radius 3 is 2.51 bits per heavy atom. The van der Waals surface area contributed by atoms with E-state index in [1.807, 2.05) is 57.2 Å². The molecule has 0 spiro atoms. The second-order valence-corrected chi connectivity index (χ2v) is 8.96. The number of rotatable bonds is 9. The zero-order valence-electron chi connectivity index (χ0n) is 21.7. The zero-order valence-corrected chi connectivity index (χ0v) is 21.7. The lowest BCUT2D eigenvalue weighted by molar-refractivity contribution is -0.143. The van der Waals surface area contributed by atoms with Crippen molar-refractivity contribution in [3.05, 3.63) is 91.5 Å². The molecule has 0 aliphatic heterocycles. The van der Waals surface area contributed by atoms with Crippen molar-refractivity contribution in [2.24, 2.45) is 4.99 Å². The van der Waals surface area contributed by atoms with Crippen LogP contribution in [0.25, 0.3) is 11.0 Å². The summed E-state index contributed by atoms with van der Waals surface area (Å²) in [6, 6.07) is 13.4. The molecule has 4 aromatic rings. The van der Waals surface area contributed by atoms with E-state index in [1.54, 1.807) is 13.0 Å². The number of aromatic amines is 1. The number of H-pyrrole nitrogens is 1. The van der Waals surface area contributed by atoms with Gasteiger partial charge in [0, 0.05) is 24.8 Å². The molecular formula is C28H32N4O5. The van der Waals surface area contributed by atoms with Crippen molar-refractivity contribution in [3.63, 3.8) is 0 Å². The van der Waals surface area contributed by atoms with Crippen molar-refractivity contribution < 1.29 is 13.9 Å². The van der Waals surface area contributed by atoms with E-state index in [4.69, 9.17) is 9.15 Å². The van der Waals surface area contributed by atoms with Crippen LogP contribution in [-0.2, 0) is 29.0 Å². The highest BCUT2D eigenvalue weighted by molar-refractivity contribution is 5.84. The summed E-state index contributed by atoms with van der Waals surface area (Å²) in [4.78, 5) is 45.5. The van der Waals surface area contributed by atoms with E-state index in [1.165, 1.54) is 4.57 Å². The number of nitrogens with zero attached hydrogens (tertiary/aromatic N) is 3. The maximum atomic E-state index is 13.5. The molecular weight excluding hydrogens is 472 g/mol. The van der Waals surface area contributed by atoms with Crippen LogP contribution < -0.4 is 17.0 Å². The third kappa shape index (κ3) is 5.82. The Labute approximate surface area is 214 Å². The number of aromatic nitrogens is 3. The van der Waals surface area contributed by atoms with E-state index in [9.17, 15) is 14.4 Å². The van der Waals surface area contributed by atoms with E-state index in [2.05, 4.69) is 9.98 Å². The largest absolute Gasteiger partial charge is 0.466 e. The predicted molar refractivity (Wildman–Crippen MR) is 141 cm³/mol. The minimum atomic E-state index is -0.582. The Morgan fingerprint density at radius 1 is 1.05 bits per heavy atom. The lowest BCUT2D eigenvalue weighted by Crippen LogP contribution is -2.50. The average molecular weight is 505 g/mol. The summed E-state index contributed by atoms with van der Waals surface area (Å²) in [7, 11) is 0. The topological polar surface area (TPSA) is 112 Å². The van der Waals surface area contributed by atoms with Gasteiger partial charge in [0.15, 0.2) is 0 Å². The molecule has 9 heteroatoms. The summed E-state index contributed by atoms with van der Waals surface area (Å²) in [5.41, 5.74) is 3.47. The highest BCUT2D eigenvalue weighted by Crippen LogP contribution is 2.29. The average Bonchev–Trinajstić information content (AvgIpc) is 3.20. The van der Waals surface area contributed by atoms with Gasteiger partial charge < -0.3 is 9.15 Å². The molecule has 0 saturated carbocycles. The second-order valence-electron chi connectivity index (χ2n) is 8.96. The molecule has 0 radical (unpaired) electrons. The van der Waals surface area contributed by atoms with Crippen LogP contribution in [0.2, 0.25) is 0 Å². The van der Waals surface area contributed by atoms with Gasteiger partial charge in [-0.2, -0.15) is 0 Å². The van der Waals surface area contributed by atoms with Gasteiger partial charge in [-0.1, -0.05) is 36.8 Å². The first kappa shape index (κ1) is 25.9. The van der Waals surface area contributed by atoms with Gasteiger partial charge in [0.25, 0.3) is 0 Å². The van der Waals surface area contributed by atoms with Gasteiger partial charge in [0.05, 0.1) is 18.8 Å². The van der Waals surface area contributed by atoms with E-state index in [-0.39, 0.29) is 37.7 Å². The molecule has 9 nitrogen and oxygen atoms in total. The first-order valence-electron chi connectivity index (χ1n) is 12.5. The molecule has 2 aromatic heterocycles. The first-order valence-corrected chi connectivity index (χ1v) is 12.5. The monoisotopic (exact) mass is 504 g/mol. The number of ether oxygens (including phenoxy) is 1. The Hall–Kier alpha value is -4.14. The number of esters is 1. The minimum absolute atomic E-state index is 0.0845. The minimum Gasteiger partial charge on any atom is -0.466 e. The fraction of sp³-hybridized carbons (Fsp3) is 0.357. The van der Waals surface area contributed by atoms with Crippen LogP contribution in [0.5, 0.6) is 0 Å². The number of furan rings is 1. The van der Waals surface area contributed by atoms with Crippen molar-refractivity contribution in [2.75, 3.05) is 6.61 Å². The molecule has 0 unspecified atom stereocenters. The molecule has 0 aliphatic rings. The van der Waals surface area contributed by atoms with E-state index >= 15 is 0 Å². The van der Waals surface area contributed by atoms with Crippen LogP contribution in [0.1, 0.15) is 49.1 Å². The molecule has 0 aliphatic carbocycles. The molecule has 1 N–H and O–H groups in total. The number of nitrogens with one attached hydrogen (secondary N) is 1. The molecule has 194 valence electrons. The molecule has 2 heterocycles. The summed E-state index contributed by atoms with van der Waals surface area (Å²) >= 11 is 0. The predicted octanol–water partition coefficient (Wildman–Crippen LogP) is 3.89. The van der Waals surface area contributed by atoms with Gasteiger partial charge in [0.2, 0.25) is 5.62 Å². The number of hydrogen-bond donors (Lipinski definition) is 1. The summed E-state index contributed by atoms with van der Waals surface area (Å²) < 4.78 is 13.4. The van der Waals surface area contributed by atoms with Crippen LogP contribution in [-0.4, -0.2) is 26.7 Å². The number of hydrogen-bond acceptors (Lipinski definition) is 6. The number of carbonyl (C=O) groups is 1. The Morgan fingerprint density at radius 2 is 1.81 bits per heavy atom. The van der Waals surface area contributed by atoms with Crippen LogP contribution >= 0.6 is 0 Å². The molecule has 0 saturated heterocycles. The van der Waals surface area contributed by atoms with Crippen molar-refractivity contribution in [1.29, 1.82) is 0 Å². The highest BCUT2D eigenvalue weighted by atomic mass is 16.5. The van der Waals surface area contributed by atoms with Crippen LogP contribution in [0.15, 0.2) is 61.5 Å². The van der Waals surface area contributed by atoms with Crippen molar-refractivity contribution >= 4 is 22.6 Å². The maximum Gasteiger partial charge on any atom is 0.335 e. The number of carbonyl (C=O) groups excluding carboxylic acids is 1. The maximum absolute atomic E-state index is 13.5. The van der Waals surface area contributed by atoms with Crippen molar-refractivity contribution in [2.45, 2.75) is 60.0 Å². The fourth-order valence-electron chi connectivity index (χ4n) is 4.26. The highest BCUT2D eigenvalue weighted by Gasteiger charge is 2.13. The third-order valence-electron chi connectivity index (χ3n) is 6.29. The lowest BCUT2D eigenvalue weighted by atomic mass is 10.1. The summed E-state index contributed by atoms with van der Waals surface area (Å²) in [5, 5.41) is 0.942. The zero-order chi connectivity index (χ0) is 26.5. The Balaban J connectivity index is 1.79. The number of benzene rings is 2. The lowest BCUT2D eigenvalue weighted by Gasteiger charge is -2.11. The van der Waals surface area contributed by atoms with Crippen LogP contribution in [0.3, 0.4) is 0 Å². The van der Waals surface area contributed by atoms with Gasteiger partial charge in [-0.25, -0.2) is 19.1 Å². The standard InChI is InChI=1S/C28H32N4O5/c1-5-23-19(4)22-16-21(13-14-24(22)37-23)29-26-30-27(34)31(15-7-8-25(33)36-6-2)28(35)32(26)17-20-11-9-18(3)10-12-20/h9-14,16H,5-8,15,17H2,1-4H3,(H,29,30,34). The van der Waals surface area contributed by atoms with Crippen LogP contribution in [0, 0.1) is 13.8 Å². The Kier molecular flexibility index (Phi) is 7.91. The second kappa shape index (κ2) is 11.3. The summed E-state index contributed by atoms with van der Waals surface area (Å²) in [6.45, 7) is 8.36. The fourth-order valence-corrected chi connectivity index (χ4v) is 4.26. The smallest absolute Gasteiger partial charge is 0.335 e. The molecule has 37 heavy (non-hydrogen) atoms. The van der Waals surface area contributed by atoms with E-state index in [0.717, 1.165) is 44.4 Å². The van der Waals surface area contributed by atoms with E-state index in [0.29, 0.717) is 12.1 Å². The molecule has 2 aromatic carbocycles. The molecule has 0 bridgehead atoms. The summed E-state index contributed by atoms with van der Waals surface area (Å²) in [6.07, 6.45) is 1.21. The molecule has 0 amide bonds. The van der Waals surface area contributed by atoms with Gasteiger partial charge in [-0.3, -0.25) is 14.3 Å². The number of fused-ring (bicyclic) bond motifs is 1. The van der Waals surface area contributed by atoms with E-state index < -0.39 is 11.4 Å². The van der Waals surface area contributed by atoms with Gasteiger partial charge in [-0.05, 0) is 56.5 Å². The Bertz CT molecular complexity index is 1600. The van der Waals surface area contributed by atoms with Gasteiger partial charge in [0.1, 0.15) is 11.3 Å². The molecule has 0 atom stereocenters.